The van der Waals surface area contributed by atoms with Gasteiger partial charge in [-0.25, -0.2) is 13.4 Å². The Hall–Kier alpha value is -1.18. The number of allylic oxidation sites excluding steroid dienone is 2. The van der Waals surface area contributed by atoms with Gasteiger partial charge in [-0.15, -0.1) is 0 Å². The Morgan fingerprint density at radius 2 is 2.25 bits per heavy atom. The number of hydrogen-bond acceptors (Lipinski definition) is 4. The molecule has 0 radical (unpaired) electrons. The minimum Gasteiger partial charge on any atom is -0.373 e. The zero-order valence-electron chi connectivity index (χ0n) is 6.14. The van der Waals surface area contributed by atoms with Gasteiger partial charge in [-0.05, 0) is 6.08 Å². The van der Waals surface area contributed by atoms with E-state index in [0.717, 1.165) is 11.1 Å². The monoisotopic (exact) mass is 191 g/mol. The van der Waals surface area contributed by atoms with Gasteiger partial charge in [0, 0.05) is 6.20 Å². The average Bonchev–Trinajstić information content (AvgIpc) is 2.05. The predicted octanol–water partition coefficient (Wildman–Crippen LogP) is -0.691. The van der Waals surface area contributed by atoms with E-state index < -0.39 is 15.2 Å². The van der Waals surface area contributed by atoms with Crippen molar-refractivity contribution in [1.29, 1.82) is 0 Å². The molecule has 0 aromatic carbocycles. The Kier molecular flexibility index (Phi) is 4.19. The van der Waals surface area contributed by atoms with Gasteiger partial charge in [-0.1, -0.05) is 17.5 Å². The summed E-state index contributed by atoms with van der Waals surface area (Å²) in [5.41, 5.74) is 4.96. The summed E-state index contributed by atoms with van der Waals surface area (Å²) in [5, 5.41) is 7.36. The first kappa shape index (κ1) is 10.8. The van der Waals surface area contributed by atoms with E-state index in [1.165, 1.54) is 12.2 Å². The van der Waals surface area contributed by atoms with E-state index in [0.29, 0.717) is 0 Å². The highest BCUT2D eigenvalue weighted by Crippen LogP contribution is 1.84. The first-order chi connectivity index (χ1) is 5.54. The third-order valence-electron chi connectivity index (χ3n) is 0.819. The zero-order chi connectivity index (χ0) is 9.61. The van der Waals surface area contributed by atoms with Crippen LogP contribution in [0.2, 0.25) is 0 Å². The van der Waals surface area contributed by atoms with Crippen LogP contribution >= 0.6 is 0 Å². The number of hydrogen-bond donors (Lipinski definition) is 3. The van der Waals surface area contributed by atoms with Crippen molar-refractivity contribution in [3.63, 3.8) is 0 Å². The molecular weight excluding hydrogens is 182 g/mol. The van der Waals surface area contributed by atoms with E-state index in [-0.39, 0.29) is 0 Å². The van der Waals surface area contributed by atoms with Gasteiger partial charge in [0.25, 0.3) is 10.0 Å². The molecule has 0 aliphatic carbocycles. The normalized spacial score (nSPS) is 13.6. The van der Waals surface area contributed by atoms with Gasteiger partial charge in [-0.3, -0.25) is 0 Å². The molecule has 0 atom stereocenters. The average molecular weight is 191 g/mol. The van der Waals surface area contributed by atoms with Gasteiger partial charge in [0.2, 0.25) is 5.17 Å². The van der Waals surface area contributed by atoms with Gasteiger partial charge in [0.05, 0.1) is 0 Å². The molecule has 4 N–H and O–H groups in total. The lowest BCUT2D eigenvalue weighted by molar-refractivity contribution is 0.245. The lowest BCUT2D eigenvalue weighted by Crippen LogP contribution is -2.33. The van der Waals surface area contributed by atoms with E-state index in [4.69, 9.17) is 10.9 Å². The molecule has 0 fully saturated rings. The van der Waals surface area contributed by atoms with E-state index in [9.17, 15) is 8.42 Å². The number of rotatable bonds is 3. The molecule has 7 heteroatoms. The van der Waals surface area contributed by atoms with Crippen LogP contribution in [0.3, 0.4) is 0 Å². The molecule has 0 rings (SSSR count). The van der Waals surface area contributed by atoms with Crippen molar-refractivity contribution < 1.29 is 13.6 Å². The van der Waals surface area contributed by atoms with Gasteiger partial charge in [0.15, 0.2) is 0 Å². The summed E-state index contributed by atoms with van der Waals surface area (Å²) in [6.45, 7) is 3.33. The lowest BCUT2D eigenvalue weighted by atomic mass is 10.6. The largest absolute Gasteiger partial charge is 0.373 e. The van der Waals surface area contributed by atoms with Crippen LogP contribution in [0, 0.1) is 0 Å². The molecule has 0 bridgehead atoms. The SMILES string of the molecule is C=C/C=C\N=C(N)S(=O)(=O)NO. The number of nitrogens with one attached hydrogen (secondary N) is 1. The van der Waals surface area contributed by atoms with Crippen molar-refractivity contribution in [1.82, 2.24) is 4.89 Å². The Morgan fingerprint density at radius 1 is 1.67 bits per heavy atom. The molecule has 12 heavy (non-hydrogen) atoms. The third kappa shape index (κ3) is 3.28. The maximum Gasteiger partial charge on any atom is 0.295 e. The van der Waals surface area contributed by atoms with E-state index in [1.54, 1.807) is 0 Å². The highest BCUT2D eigenvalue weighted by Gasteiger charge is 2.12. The Balaban J connectivity index is 4.59. The molecule has 0 saturated heterocycles. The van der Waals surface area contributed by atoms with Crippen molar-refractivity contribution in [3.8, 4) is 0 Å². The van der Waals surface area contributed by atoms with Crippen molar-refractivity contribution in [3.05, 3.63) is 24.9 Å². The fourth-order valence-electron chi connectivity index (χ4n) is 0.294. The minimum absolute atomic E-state index is 0.719. The molecule has 0 spiro atoms. The Bertz CT molecular complexity index is 304. The molecule has 0 aliphatic heterocycles. The van der Waals surface area contributed by atoms with Crippen LogP contribution in [0.5, 0.6) is 0 Å². The maximum absolute atomic E-state index is 10.6. The smallest absolute Gasteiger partial charge is 0.295 e. The quantitative estimate of drug-likeness (QED) is 0.237. The molecule has 0 aliphatic rings. The molecular formula is C5H9N3O3S. The summed E-state index contributed by atoms with van der Waals surface area (Å²) in [6.07, 6.45) is 3.92. The van der Waals surface area contributed by atoms with Gasteiger partial charge in [0.1, 0.15) is 0 Å². The van der Waals surface area contributed by atoms with Crippen molar-refractivity contribution >= 4 is 15.2 Å². The molecule has 0 heterocycles. The fraction of sp³-hybridized carbons (Fsp3) is 0. The van der Waals surface area contributed by atoms with Gasteiger partial charge in [-0.2, -0.15) is 0 Å². The molecule has 0 unspecified atom stereocenters. The van der Waals surface area contributed by atoms with E-state index >= 15 is 0 Å². The van der Waals surface area contributed by atoms with Crippen molar-refractivity contribution in [2.45, 2.75) is 0 Å². The fourth-order valence-corrected chi connectivity index (χ4v) is 0.587. The van der Waals surface area contributed by atoms with Crippen LogP contribution in [0.25, 0.3) is 0 Å². The summed E-state index contributed by atoms with van der Waals surface area (Å²) in [4.78, 5) is 4.31. The maximum atomic E-state index is 10.6. The number of nitrogens with zero attached hydrogens (tertiary/aromatic N) is 1. The summed E-state index contributed by atoms with van der Waals surface area (Å²) in [7, 11) is -4.03. The summed E-state index contributed by atoms with van der Waals surface area (Å²) >= 11 is 0. The summed E-state index contributed by atoms with van der Waals surface area (Å²) < 4.78 is 21.2. The molecule has 0 amide bonds. The second-order valence-electron chi connectivity index (χ2n) is 1.64. The Morgan fingerprint density at radius 3 is 2.67 bits per heavy atom. The highest BCUT2D eigenvalue weighted by molar-refractivity contribution is 8.04. The van der Waals surface area contributed by atoms with Gasteiger partial charge < -0.3 is 10.9 Å². The molecule has 6 nitrogen and oxygen atoms in total. The first-order valence-electron chi connectivity index (χ1n) is 2.81. The van der Waals surface area contributed by atoms with Crippen molar-refractivity contribution in [2.75, 3.05) is 0 Å². The van der Waals surface area contributed by atoms with E-state index in [2.05, 4.69) is 11.6 Å². The first-order valence-corrected chi connectivity index (χ1v) is 4.29. The van der Waals surface area contributed by atoms with Crippen molar-refractivity contribution in [2.24, 2.45) is 10.7 Å². The second kappa shape index (κ2) is 4.65. The Labute approximate surface area is 70.1 Å². The minimum atomic E-state index is -4.03. The summed E-state index contributed by atoms with van der Waals surface area (Å²) in [5.74, 6) is 0. The van der Waals surface area contributed by atoms with Crippen LogP contribution in [0.15, 0.2) is 29.9 Å². The van der Waals surface area contributed by atoms with E-state index in [1.807, 2.05) is 0 Å². The highest BCUT2D eigenvalue weighted by atomic mass is 32.2. The zero-order valence-corrected chi connectivity index (χ0v) is 6.95. The summed E-state index contributed by atoms with van der Waals surface area (Å²) in [6, 6.07) is 0. The number of amidine groups is 1. The van der Waals surface area contributed by atoms with Crippen LogP contribution in [0.4, 0.5) is 0 Å². The van der Waals surface area contributed by atoms with Crippen LogP contribution in [0.1, 0.15) is 0 Å². The van der Waals surface area contributed by atoms with Crippen LogP contribution in [-0.4, -0.2) is 18.8 Å². The molecule has 0 aromatic heterocycles. The van der Waals surface area contributed by atoms with Crippen LogP contribution in [-0.2, 0) is 10.0 Å². The second-order valence-corrected chi connectivity index (χ2v) is 3.25. The number of sulfonamides is 1. The standard InChI is InChI=1S/C5H9N3O3S/c1-2-3-4-7-5(6)12(10,11)8-9/h2-4,8-9H,1H2,(H2,6,7)/b4-3-. The van der Waals surface area contributed by atoms with Crippen LogP contribution < -0.4 is 10.6 Å². The van der Waals surface area contributed by atoms with Gasteiger partial charge >= 0.3 is 0 Å². The predicted molar refractivity (Wildman–Crippen MR) is 44.8 cm³/mol. The molecule has 0 aromatic rings. The number of nitrogens with two attached hydrogens (primary N) is 1. The molecule has 68 valence electrons. The lowest BCUT2D eigenvalue weighted by Gasteiger charge is -1.96. The number of aliphatic imine (C=N–C) groups is 1. The third-order valence-corrected chi connectivity index (χ3v) is 1.72. The topological polar surface area (TPSA) is 105 Å². The molecule has 0 saturated carbocycles.